The van der Waals surface area contributed by atoms with Crippen molar-refractivity contribution in [3.8, 4) is 16.9 Å². The molecule has 25 heavy (non-hydrogen) atoms. The van der Waals surface area contributed by atoms with E-state index in [1.165, 1.54) is 16.7 Å². The van der Waals surface area contributed by atoms with Crippen molar-refractivity contribution in [3.63, 3.8) is 0 Å². The number of aryl methyl sites for hydroxylation is 1. The number of nitrogens with zero attached hydrogens (tertiary/aromatic N) is 1. The number of ether oxygens (including phenoxy) is 1. The van der Waals surface area contributed by atoms with E-state index in [4.69, 9.17) is 4.74 Å². The molecule has 134 valence electrons. The quantitative estimate of drug-likeness (QED) is 0.600. The first-order valence-electron chi connectivity index (χ1n) is 9.03. The average molecular weight is 341 g/mol. The maximum absolute atomic E-state index is 9.38. The molecule has 2 N–H and O–H groups in total. The van der Waals surface area contributed by atoms with E-state index in [1.807, 2.05) is 12.1 Å². The van der Waals surface area contributed by atoms with Gasteiger partial charge in [0, 0.05) is 6.54 Å². The summed E-state index contributed by atoms with van der Waals surface area (Å²) in [6, 6.07) is 16.5. The summed E-state index contributed by atoms with van der Waals surface area (Å²) in [4.78, 5) is 2.15. The highest BCUT2D eigenvalue weighted by atomic mass is 16.5. The molecule has 1 fully saturated rings. The Balaban J connectivity index is 1.46. The number of benzene rings is 2. The third kappa shape index (κ3) is 4.82. The molecule has 0 amide bonds. The molecule has 3 rings (SSSR count). The van der Waals surface area contributed by atoms with Gasteiger partial charge in [-0.05, 0) is 56.0 Å². The van der Waals surface area contributed by atoms with Gasteiger partial charge in [0.05, 0.1) is 12.6 Å². The lowest BCUT2D eigenvalue weighted by atomic mass is 10.0. The molecule has 2 aromatic carbocycles. The molecule has 1 aliphatic rings. The minimum Gasteiger partial charge on any atom is -0.494 e. The highest BCUT2D eigenvalue weighted by Gasteiger charge is 2.28. The number of hydrogen-bond donors (Lipinski definition) is 2. The first-order chi connectivity index (χ1) is 12.1. The number of hydrogen-bond acceptors (Lipinski definition) is 4. The van der Waals surface area contributed by atoms with Gasteiger partial charge in [-0.3, -0.25) is 4.90 Å². The van der Waals surface area contributed by atoms with Crippen molar-refractivity contribution in [1.29, 1.82) is 0 Å². The van der Waals surface area contributed by atoms with Crippen LogP contribution in [0.15, 0.2) is 48.5 Å². The molecule has 0 bridgehead atoms. The fourth-order valence-electron chi connectivity index (χ4n) is 3.49. The summed E-state index contributed by atoms with van der Waals surface area (Å²) >= 11 is 0. The Labute approximate surface area is 149 Å². The maximum atomic E-state index is 9.38. The average Bonchev–Trinajstić information content (AvgIpc) is 3.08. The summed E-state index contributed by atoms with van der Waals surface area (Å²) in [6.45, 7) is 4.51. The summed E-state index contributed by atoms with van der Waals surface area (Å²) in [7, 11) is 0. The zero-order valence-corrected chi connectivity index (χ0v) is 14.8. The largest absolute Gasteiger partial charge is 0.494 e. The van der Waals surface area contributed by atoms with Crippen LogP contribution in [0.2, 0.25) is 0 Å². The van der Waals surface area contributed by atoms with Gasteiger partial charge in [-0.15, -0.1) is 0 Å². The Morgan fingerprint density at radius 1 is 1.12 bits per heavy atom. The van der Waals surface area contributed by atoms with Crippen molar-refractivity contribution < 1.29 is 14.9 Å². The van der Waals surface area contributed by atoms with Crippen LogP contribution in [-0.4, -0.2) is 47.1 Å². The van der Waals surface area contributed by atoms with Crippen LogP contribution in [0.1, 0.15) is 24.8 Å². The monoisotopic (exact) mass is 341 g/mol. The third-order valence-electron chi connectivity index (χ3n) is 4.82. The zero-order chi connectivity index (χ0) is 17.6. The summed E-state index contributed by atoms with van der Waals surface area (Å²) < 4.78 is 5.82. The minimum atomic E-state index is -1.24. The molecule has 1 saturated heterocycles. The molecule has 1 unspecified atom stereocenters. The van der Waals surface area contributed by atoms with E-state index in [0.29, 0.717) is 6.61 Å². The second kappa shape index (κ2) is 8.48. The lowest BCUT2D eigenvalue weighted by molar-refractivity contribution is -0.0905. The van der Waals surface area contributed by atoms with E-state index in [1.54, 1.807) is 0 Å². The standard InChI is InChI=1S/C21H27NO3/c1-16-5-2-6-18(15-16)17-8-10-19(11-9-17)25-14-4-13-22-12-3-7-20(22)21(23)24/h2,5-6,8-11,15,20-21,23-24H,3-4,7,12-14H2,1H3. The lowest BCUT2D eigenvalue weighted by Gasteiger charge is -2.25. The van der Waals surface area contributed by atoms with Gasteiger partial charge in [-0.25, -0.2) is 0 Å². The number of likely N-dealkylation sites (tertiary alicyclic amines) is 1. The topological polar surface area (TPSA) is 52.9 Å². The number of rotatable bonds is 7. The molecule has 1 atom stereocenters. The molecule has 4 heteroatoms. The molecule has 0 saturated carbocycles. The second-order valence-corrected chi connectivity index (χ2v) is 6.76. The van der Waals surface area contributed by atoms with Crippen LogP contribution < -0.4 is 4.74 Å². The van der Waals surface area contributed by atoms with Gasteiger partial charge in [0.2, 0.25) is 0 Å². The Hall–Kier alpha value is -1.88. The zero-order valence-electron chi connectivity index (χ0n) is 14.8. The van der Waals surface area contributed by atoms with Crippen LogP contribution in [-0.2, 0) is 0 Å². The van der Waals surface area contributed by atoms with Crippen molar-refractivity contribution in [3.05, 3.63) is 54.1 Å². The fraction of sp³-hybridized carbons (Fsp3) is 0.429. The molecular formula is C21H27NO3. The smallest absolute Gasteiger partial charge is 0.167 e. The minimum absolute atomic E-state index is 0.117. The van der Waals surface area contributed by atoms with Crippen LogP contribution in [0.3, 0.4) is 0 Å². The predicted molar refractivity (Wildman–Crippen MR) is 99.5 cm³/mol. The van der Waals surface area contributed by atoms with E-state index in [0.717, 1.165) is 38.1 Å². The summed E-state index contributed by atoms with van der Waals surface area (Å²) in [5.41, 5.74) is 3.66. The molecule has 2 aromatic rings. The summed E-state index contributed by atoms with van der Waals surface area (Å²) in [6.07, 6.45) is 1.53. The normalized spacial score (nSPS) is 18.0. The van der Waals surface area contributed by atoms with E-state index >= 15 is 0 Å². The Kier molecular flexibility index (Phi) is 6.08. The fourth-order valence-corrected chi connectivity index (χ4v) is 3.49. The summed E-state index contributed by atoms with van der Waals surface area (Å²) in [5, 5.41) is 18.8. The second-order valence-electron chi connectivity index (χ2n) is 6.76. The van der Waals surface area contributed by atoms with Gasteiger partial charge in [0.15, 0.2) is 6.29 Å². The molecule has 4 nitrogen and oxygen atoms in total. The molecular weight excluding hydrogens is 314 g/mol. The highest BCUT2D eigenvalue weighted by Crippen LogP contribution is 2.23. The lowest BCUT2D eigenvalue weighted by Crippen LogP contribution is -2.39. The molecule has 0 radical (unpaired) electrons. The molecule has 0 spiro atoms. The Bertz CT molecular complexity index is 669. The van der Waals surface area contributed by atoms with E-state index in [9.17, 15) is 10.2 Å². The van der Waals surface area contributed by atoms with Crippen molar-refractivity contribution >= 4 is 0 Å². The maximum Gasteiger partial charge on any atom is 0.167 e. The predicted octanol–water partition coefficient (Wildman–Crippen LogP) is 3.21. The van der Waals surface area contributed by atoms with E-state index in [2.05, 4.69) is 48.2 Å². The van der Waals surface area contributed by atoms with Crippen LogP contribution in [0.25, 0.3) is 11.1 Å². The van der Waals surface area contributed by atoms with Crippen LogP contribution >= 0.6 is 0 Å². The van der Waals surface area contributed by atoms with E-state index in [-0.39, 0.29) is 6.04 Å². The van der Waals surface area contributed by atoms with Crippen molar-refractivity contribution in [2.45, 2.75) is 38.5 Å². The molecule has 1 heterocycles. The first kappa shape index (κ1) is 17.9. The van der Waals surface area contributed by atoms with Crippen LogP contribution in [0.5, 0.6) is 5.75 Å². The van der Waals surface area contributed by atoms with Crippen LogP contribution in [0, 0.1) is 6.92 Å². The van der Waals surface area contributed by atoms with E-state index < -0.39 is 6.29 Å². The van der Waals surface area contributed by atoms with Crippen molar-refractivity contribution in [2.75, 3.05) is 19.7 Å². The number of aliphatic hydroxyl groups is 2. The van der Waals surface area contributed by atoms with Gasteiger partial charge >= 0.3 is 0 Å². The number of aliphatic hydroxyl groups excluding tert-OH is 1. The van der Waals surface area contributed by atoms with Gasteiger partial charge < -0.3 is 14.9 Å². The SMILES string of the molecule is Cc1cccc(-c2ccc(OCCCN3CCCC3C(O)O)cc2)c1. The Morgan fingerprint density at radius 2 is 1.92 bits per heavy atom. The van der Waals surface area contributed by atoms with Gasteiger partial charge in [-0.2, -0.15) is 0 Å². The van der Waals surface area contributed by atoms with Gasteiger partial charge in [0.1, 0.15) is 5.75 Å². The van der Waals surface area contributed by atoms with Crippen molar-refractivity contribution in [1.82, 2.24) is 4.90 Å². The molecule has 1 aliphatic heterocycles. The molecule has 0 aromatic heterocycles. The highest BCUT2D eigenvalue weighted by molar-refractivity contribution is 5.64. The Morgan fingerprint density at radius 3 is 2.64 bits per heavy atom. The summed E-state index contributed by atoms with van der Waals surface area (Å²) in [5.74, 6) is 0.872. The van der Waals surface area contributed by atoms with Crippen LogP contribution in [0.4, 0.5) is 0 Å². The van der Waals surface area contributed by atoms with Gasteiger partial charge in [-0.1, -0.05) is 42.0 Å². The van der Waals surface area contributed by atoms with Crippen molar-refractivity contribution in [2.24, 2.45) is 0 Å². The third-order valence-corrected chi connectivity index (χ3v) is 4.82. The molecule has 0 aliphatic carbocycles. The van der Waals surface area contributed by atoms with Gasteiger partial charge in [0.25, 0.3) is 0 Å². The first-order valence-corrected chi connectivity index (χ1v) is 9.03.